The third-order valence-electron chi connectivity index (χ3n) is 19.0. The summed E-state index contributed by atoms with van der Waals surface area (Å²) in [5, 5.41) is 61.9. The summed E-state index contributed by atoms with van der Waals surface area (Å²) in [5.74, 6) is -4.66. The summed E-state index contributed by atoms with van der Waals surface area (Å²) in [6, 6.07) is 17.9. The van der Waals surface area contributed by atoms with E-state index < -0.39 is 77.2 Å². The predicted molar refractivity (Wildman–Crippen MR) is 343 cm³/mol. The van der Waals surface area contributed by atoms with E-state index in [0.717, 1.165) is 59.3 Å². The summed E-state index contributed by atoms with van der Waals surface area (Å²) in [7, 11) is 0. The van der Waals surface area contributed by atoms with E-state index in [9.17, 15) is 59.1 Å². The molecule has 7 aliphatic rings. The second kappa shape index (κ2) is 27.3. The lowest BCUT2D eigenvalue weighted by Crippen LogP contribution is -2.64. The summed E-state index contributed by atoms with van der Waals surface area (Å²) in [4.78, 5) is 107. The number of pyridine rings is 1. The Kier molecular flexibility index (Phi) is 19.2. The number of thioether (sulfide) groups is 1. The lowest BCUT2D eigenvalue weighted by Gasteiger charge is -2.69. The highest BCUT2D eigenvalue weighted by molar-refractivity contribution is 8.00. The van der Waals surface area contributed by atoms with Gasteiger partial charge in [0, 0.05) is 79.6 Å². The number of nitrogens with one attached hydrogen (secondary N) is 3. The molecule has 3 aromatic heterocycles. The molecule has 3 aromatic carbocycles. The van der Waals surface area contributed by atoms with Crippen molar-refractivity contribution in [1.29, 1.82) is 0 Å². The number of aromatic carboxylic acids is 1. The van der Waals surface area contributed by atoms with Gasteiger partial charge in [-0.15, -0.1) is 0 Å². The maximum atomic E-state index is 15.4. The Labute approximate surface area is 557 Å². The van der Waals surface area contributed by atoms with Crippen LogP contribution in [0.5, 0.6) is 11.5 Å². The smallest absolute Gasteiger partial charge is 0.407 e. The first-order valence-electron chi connectivity index (χ1n) is 31.5. The molecule has 13 rings (SSSR count). The van der Waals surface area contributed by atoms with Crippen LogP contribution >= 0.6 is 23.1 Å². The van der Waals surface area contributed by atoms with Crippen LogP contribution in [0.4, 0.5) is 20.1 Å². The molecule has 27 nitrogen and oxygen atoms in total. The minimum absolute atomic E-state index is 0.0477. The van der Waals surface area contributed by atoms with Crippen molar-refractivity contribution in [3.8, 4) is 22.6 Å². The fraction of sp³-hybridized carbons (Fsp3) is 0.485. The summed E-state index contributed by atoms with van der Waals surface area (Å²) in [6.07, 6.45) is -1.49. The molecule has 30 heteroatoms. The van der Waals surface area contributed by atoms with Crippen LogP contribution in [0.3, 0.4) is 0 Å². The third kappa shape index (κ3) is 14.1. The number of ether oxygens (including phenoxy) is 5. The van der Waals surface area contributed by atoms with Crippen LogP contribution in [0, 0.1) is 29.0 Å². The molecule has 3 unspecified atom stereocenters. The molecule has 96 heavy (non-hydrogen) atoms. The Morgan fingerprint density at radius 2 is 1.66 bits per heavy atom. The second-order valence-corrected chi connectivity index (χ2v) is 28.5. The number of aliphatic hydroxyl groups is 3. The molecule has 510 valence electrons. The van der Waals surface area contributed by atoms with Gasteiger partial charge in [0.25, 0.3) is 5.91 Å². The number of aliphatic hydroxyl groups excluding tert-OH is 3. The van der Waals surface area contributed by atoms with E-state index in [1.54, 1.807) is 24.6 Å². The summed E-state index contributed by atoms with van der Waals surface area (Å²) in [5.41, 5.74) is 5.18. The number of carboxylic acid groups (broad SMARTS) is 2. The molecule has 6 aromatic rings. The molecular formula is C66H74FN9O18S2. The number of aliphatic carboxylic acids is 1. The third-order valence-corrected chi connectivity index (χ3v) is 20.9. The van der Waals surface area contributed by atoms with Crippen LogP contribution in [-0.4, -0.2) is 179 Å². The van der Waals surface area contributed by atoms with Gasteiger partial charge in [0.1, 0.15) is 61.3 Å². The van der Waals surface area contributed by atoms with E-state index in [2.05, 4.69) is 34.9 Å². The Morgan fingerprint density at radius 3 is 2.40 bits per heavy atom. The number of amides is 5. The number of benzene rings is 3. The standard InChI is InChI=1S/C66H74FN9O18S2/c1-35-41(39-12-14-48(71-51(39)58(84)85)74-18-15-38-42(26-74)40(11-13-43(38)67)56(82)72-61-70-44-7-5-6-8-46(44)96-61)25-69-76(35)34-65-29-63(2)28-64(3,30-65)32-66(31-63,33-65)91-20-17-68-62(88)90-27-36-9-10-37(93-60-54(81)52(79)53(80)55(94-60)59(86)87)23-45(36)89-21-22-92-73-49(77)16-19-75-50(78)24-47(95-4)57(75)83/h5-14,23,25,47,52-55,60,79-81H,15-22,24,26-34H2,1-4H3,(H,68,88)(H,73,77)(H,84,85)(H,86,87)(H,70,72,82)/t47?,52-,53-,54+,55-,60+,63?,64?,65?,66?/m0/s1. The number of nitrogens with zero attached hydrogens (tertiary/aromatic N) is 6. The van der Waals surface area contributed by atoms with Crippen LogP contribution in [0.1, 0.15) is 108 Å². The van der Waals surface area contributed by atoms with E-state index in [-0.39, 0.29) is 116 Å². The number of rotatable bonds is 25. The SMILES string of the molecule is CSC1CC(=O)N(CCC(=O)NOCCOc2cc(O[C@@H]3O[C@H](C(=O)O)[C@@H](O)[C@H](O)[C@H]3O)ccc2COC(=O)NCCOC23CC4(C)CC(C)(CC(Cn5ncc(-c6ccc(N7CCc8c(F)ccc(C(=O)Nc9nc%10ccccc%10s9)c8C7)nc6C(=O)O)c5C)(C4)C2)C3)C1=O. The number of hydrogen-bond acceptors (Lipinski definition) is 22. The molecule has 8 atom stereocenters. The highest BCUT2D eigenvalue weighted by atomic mass is 32.2. The molecule has 2 saturated heterocycles. The van der Waals surface area contributed by atoms with Gasteiger partial charge in [-0.05, 0) is 134 Å². The van der Waals surface area contributed by atoms with Crippen molar-refractivity contribution in [2.45, 2.75) is 140 Å². The van der Waals surface area contributed by atoms with E-state index >= 15 is 4.39 Å². The van der Waals surface area contributed by atoms with Gasteiger partial charge in [-0.2, -0.15) is 16.9 Å². The van der Waals surface area contributed by atoms with Gasteiger partial charge in [-0.1, -0.05) is 37.3 Å². The number of imide groups is 1. The Hall–Kier alpha value is -8.36. The van der Waals surface area contributed by atoms with Crippen molar-refractivity contribution in [1.82, 2.24) is 35.4 Å². The average Bonchev–Trinajstić information content (AvgIpc) is 0.738. The van der Waals surface area contributed by atoms with E-state index in [0.29, 0.717) is 51.9 Å². The monoisotopic (exact) mass is 1360 g/mol. The summed E-state index contributed by atoms with van der Waals surface area (Å²) < 4.78 is 47.7. The van der Waals surface area contributed by atoms with Crippen LogP contribution in [0.15, 0.2) is 72.9 Å². The largest absolute Gasteiger partial charge is 0.491 e. The minimum Gasteiger partial charge on any atom is -0.491 e. The first-order chi connectivity index (χ1) is 45.8. The topological polar surface area (TPSA) is 362 Å². The van der Waals surface area contributed by atoms with Crippen LogP contribution in [0.25, 0.3) is 21.3 Å². The maximum Gasteiger partial charge on any atom is 0.407 e. The average molecular weight is 1360 g/mol. The van der Waals surface area contributed by atoms with Crippen molar-refractivity contribution in [2.24, 2.45) is 16.2 Å². The number of alkyl carbamates (subject to hydrolysis) is 1. The van der Waals surface area contributed by atoms with Crippen molar-refractivity contribution in [2.75, 3.05) is 55.9 Å². The molecule has 6 heterocycles. The van der Waals surface area contributed by atoms with Crippen molar-refractivity contribution < 1.29 is 92.0 Å². The van der Waals surface area contributed by atoms with Crippen molar-refractivity contribution in [3.05, 3.63) is 112 Å². The molecule has 5 amide bonds. The molecule has 4 bridgehead atoms. The number of carboxylic acids is 2. The van der Waals surface area contributed by atoms with Gasteiger partial charge >= 0.3 is 18.0 Å². The van der Waals surface area contributed by atoms with E-state index in [4.69, 9.17) is 38.6 Å². The number of carbonyl (C=O) groups is 7. The van der Waals surface area contributed by atoms with Crippen molar-refractivity contribution >= 4 is 85.9 Å². The number of anilines is 2. The Morgan fingerprint density at radius 1 is 0.875 bits per heavy atom. The van der Waals surface area contributed by atoms with Gasteiger partial charge in [0.05, 0.1) is 33.9 Å². The highest BCUT2D eigenvalue weighted by Crippen LogP contribution is 2.72. The number of para-hydroxylation sites is 1. The number of thiazole rings is 1. The van der Waals surface area contributed by atoms with Gasteiger partial charge in [-0.25, -0.2) is 34.2 Å². The highest BCUT2D eigenvalue weighted by Gasteiger charge is 2.66. The minimum atomic E-state index is -1.96. The Bertz CT molecular complexity index is 3990. The number of hydrogen-bond donors (Lipinski definition) is 8. The van der Waals surface area contributed by atoms with Gasteiger partial charge in [-0.3, -0.25) is 38.9 Å². The molecule has 4 saturated carbocycles. The molecule has 6 fully saturated rings. The fourth-order valence-electron chi connectivity index (χ4n) is 15.9. The zero-order chi connectivity index (χ0) is 68.0. The van der Waals surface area contributed by atoms with Crippen LogP contribution < -0.4 is 30.5 Å². The van der Waals surface area contributed by atoms with Gasteiger partial charge < -0.3 is 59.4 Å². The first-order valence-corrected chi connectivity index (χ1v) is 33.6. The van der Waals surface area contributed by atoms with E-state index in [1.807, 2.05) is 40.8 Å². The lowest BCUT2D eigenvalue weighted by molar-refractivity contribution is -0.271. The second-order valence-electron chi connectivity index (χ2n) is 26.5. The summed E-state index contributed by atoms with van der Waals surface area (Å²) >= 11 is 2.59. The lowest BCUT2D eigenvalue weighted by atomic mass is 9.39. The summed E-state index contributed by atoms with van der Waals surface area (Å²) in [6.45, 7) is 6.90. The normalized spacial score (nSPS) is 26.6. The molecule has 4 aliphatic carbocycles. The maximum absolute atomic E-state index is 15.4. The molecular weight excluding hydrogens is 1290 g/mol. The van der Waals surface area contributed by atoms with Gasteiger partial charge in [0.15, 0.2) is 16.9 Å². The van der Waals surface area contributed by atoms with Crippen LogP contribution in [0.2, 0.25) is 0 Å². The quantitative estimate of drug-likeness (QED) is 0.0181. The number of likely N-dealkylation sites (tertiary alicyclic amines) is 1. The molecule has 0 spiro atoms. The predicted octanol–water partition coefficient (Wildman–Crippen LogP) is 6.16. The first kappa shape index (κ1) is 67.6. The molecule has 3 aliphatic heterocycles. The van der Waals surface area contributed by atoms with E-state index in [1.165, 1.54) is 53.4 Å². The zero-order valence-electron chi connectivity index (χ0n) is 53.0. The number of hydroxylamine groups is 1. The van der Waals surface area contributed by atoms with Crippen molar-refractivity contribution in [3.63, 3.8) is 0 Å². The number of aromatic nitrogens is 4. The van der Waals surface area contributed by atoms with Crippen LogP contribution in [-0.2, 0) is 64.3 Å². The molecule has 8 N–H and O–H groups in total. The number of halogens is 1. The fourth-order valence-corrected chi connectivity index (χ4v) is 17.4. The zero-order valence-corrected chi connectivity index (χ0v) is 54.7. The Balaban J connectivity index is 0.667. The number of carbonyl (C=O) groups excluding carboxylic acids is 5. The van der Waals surface area contributed by atoms with Gasteiger partial charge in [0.2, 0.25) is 24.0 Å². The molecule has 0 radical (unpaired) electrons. The number of fused-ring (bicyclic) bond motifs is 2.